The van der Waals surface area contributed by atoms with E-state index in [2.05, 4.69) is 10.4 Å². The molecule has 2 aromatic rings. The zero-order valence-electron chi connectivity index (χ0n) is 16.8. The average molecular weight is 384 g/mol. The molecule has 0 atom stereocenters. The molecule has 0 saturated carbocycles. The molecule has 0 fully saturated rings. The highest BCUT2D eigenvalue weighted by Gasteiger charge is 2.24. The first-order valence-corrected chi connectivity index (χ1v) is 9.72. The van der Waals surface area contributed by atoms with Gasteiger partial charge in [-0.1, -0.05) is 32.0 Å². The van der Waals surface area contributed by atoms with E-state index >= 15 is 0 Å². The fraction of sp³-hybridized carbons (Fsp3) is 0.476. The van der Waals surface area contributed by atoms with Gasteiger partial charge in [-0.15, -0.1) is 0 Å². The third kappa shape index (κ3) is 4.71. The van der Waals surface area contributed by atoms with Crippen LogP contribution >= 0.6 is 0 Å². The van der Waals surface area contributed by atoms with E-state index in [-0.39, 0.29) is 11.8 Å². The molecule has 1 aromatic carbocycles. The van der Waals surface area contributed by atoms with E-state index in [0.29, 0.717) is 50.6 Å². The van der Waals surface area contributed by atoms with Crippen LogP contribution in [0.15, 0.2) is 30.3 Å². The van der Waals surface area contributed by atoms with E-state index in [0.717, 1.165) is 17.0 Å². The van der Waals surface area contributed by atoms with E-state index in [9.17, 15) is 9.59 Å². The van der Waals surface area contributed by atoms with Gasteiger partial charge in [0.2, 0.25) is 5.91 Å². The normalized spacial score (nSPS) is 13.4. The molecule has 28 heavy (non-hydrogen) atoms. The highest BCUT2D eigenvalue weighted by molar-refractivity contribution is 5.92. The largest absolute Gasteiger partial charge is 0.496 e. The Morgan fingerprint density at radius 1 is 1.25 bits per heavy atom. The summed E-state index contributed by atoms with van der Waals surface area (Å²) in [6.07, 6.45) is 1.07. The number of nitrogens with one attached hydrogen (secondary N) is 1. The molecular weight excluding hydrogens is 356 g/mol. The van der Waals surface area contributed by atoms with Crippen LogP contribution in [0.5, 0.6) is 5.75 Å². The fourth-order valence-corrected chi connectivity index (χ4v) is 3.29. The van der Waals surface area contributed by atoms with E-state index in [1.165, 1.54) is 0 Å². The molecule has 0 radical (unpaired) electrons. The molecule has 1 aromatic heterocycles. The summed E-state index contributed by atoms with van der Waals surface area (Å²) in [4.78, 5) is 26.7. The molecule has 0 bridgehead atoms. The topological polar surface area (TPSA) is 76.5 Å². The molecule has 1 aliphatic rings. The summed E-state index contributed by atoms with van der Waals surface area (Å²) in [6, 6.07) is 9.55. The minimum absolute atomic E-state index is 0.101. The second-order valence-electron chi connectivity index (χ2n) is 7.48. The number of fused-ring (bicyclic) bond motifs is 1. The molecular formula is C21H28N4O3. The molecule has 7 nitrogen and oxygen atoms in total. The van der Waals surface area contributed by atoms with Crippen molar-refractivity contribution >= 4 is 11.8 Å². The van der Waals surface area contributed by atoms with E-state index in [1.807, 2.05) is 47.7 Å². The molecule has 150 valence electrons. The number of benzene rings is 1. The summed E-state index contributed by atoms with van der Waals surface area (Å²) in [5.74, 6) is 1.13. The number of nitrogens with zero attached hydrogens (tertiary/aromatic N) is 3. The lowest BCUT2D eigenvalue weighted by atomic mass is 10.1. The second-order valence-corrected chi connectivity index (χ2v) is 7.48. The van der Waals surface area contributed by atoms with Gasteiger partial charge in [0.25, 0.3) is 5.91 Å². The molecule has 0 unspecified atom stereocenters. The summed E-state index contributed by atoms with van der Waals surface area (Å²) in [6.45, 7) is 6.41. The predicted octanol–water partition coefficient (Wildman–Crippen LogP) is 2.25. The summed E-state index contributed by atoms with van der Waals surface area (Å²) >= 11 is 0. The fourth-order valence-electron chi connectivity index (χ4n) is 3.29. The Morgan fingerprint density at radius 3 is 2.79 bits per heavy atom. The van der Waals surface area contributed by atoms with Crippen molar-refractivity contribution in [1.29, 1.82) is 0 Å². The van der Waals surface area contributed by atoms with Crippen molar-refractivity contribution in [2.45, 2.75) is 39.8 Å². The SMILES string of the molecule is COc1ccccc1CCC(=O)N1CCn2nc(C(=O)NCC(C)C)cc2C1. The van der Waals surface area contributed by atoms with Crippen molar-refractivity contribution in [1.82, 2.24) is 20.0 Å². The molecule has 3 rings (SSSR count). The molecule has 0 spiro atoms. The predicted molar refractivity (Wildman–Crippen MR) is 106 cm³/mol. The van der Waals surface area contributed by atoms with Gasteiger partial charge in [-0.25, -0.2) is 0 Å². The van der Waals surface area contributed by atoms with Gasteiger partial charge in [-0.3, -0.25) is 14.3 Å². The van der Waals surface area contributed by atoms with Gasteiger partial charge in [-0.2, -0.15) is 5.10 Å². The average Bonchev–Trinajstić information content (AvgIpc) is 3.13. The van der Waals surface area contributed by atoms with E-state index in [1.54, 1.807) is 13.2 Å². The summed E-state index contributed by atoms with van der Waals surface area (Å²) in [7, 11) is 1.64. The number of ether oxygens (including phenoxy) is 1. The van der Waals surface area contributed by atoms with Crippen molar-refractivity contribution in [2.75, 3.05) is 20.2 Å². The highest BCUT2D eigenvalue weighted by Crippen LogP contribution is 2.20. The lowest BCUT2D eigenvalue weighted by Crippen LogP contribution is -2.38. The zero-order valence-corrected chi connectivity index (χ0v) is 16.8. The molecule has 0 aliphatic carbocycles. The van der Waals surface area contributed by atoms with Crippen LogP contribution in [0.2, 0.25) is 0 Å². The smallest absolute Gasteiger partial charge is 0.271 e. The summed E-state index contributed by atoms with van der Waals surface area (Å²) < 4.78 is 7.18. The number of rotatable bonds is 7. The van der Waals surface area contributed by atoms with Crippen molar-refractivity contribution in [2.24, 2.45) is 5.92 Å². The van der Waals surface area contributed by atoms with Crippen LogP contribution in [-0.4, -0.2) is 46.7 Å². The van der Waals surface area contributed by atoms with Crippen LogP contribution in [0.25, 0.3) is 0 Å². The summed E-state index contributed by atoms with van der Waals surface area (Å²) in [5.41, 5.74) is 2.34. The molecule has 1 N–H and O–H groups in total. The van der Waals surface area contributed by atoms with E-state index < -0.39 is 0 Å². The van der Waals surface area contributed by atoms with Gasteiger partial charge >= 0.3 is 0 Å². The maximum absolute atomic E-state index is 12.7. The molecule has 1 aliphatic heterocycles. The Balaban J connectivity index is 1.58. The number of aryl methyl sites for hydroxylation is 1. The van der Waals surface area contributed by atoms with Crippen LogP contribution in [0.3, 0.4) is 0 Å². The summed E-state index contributed by atoms with van der Waals surface area (Å²) in [5, 5.41) is 7.27. The Morgan fingerprint density at radius 2 is 2.04 bits per heavy atom. The third-order valence-electron chi connectivity index (χ3n) is 4.85. The van der Waals surface area contributed by atoms with Crippen molar-refractivity contribution in [3.8, 4) is 5.75 Å². The van der Waals surface area contributed by atoms with Crippen molar-refractivity contribution < 1.29 is 14.3 Å². The minimum atomic E-state index is -0.162. The molecule has 7 heteroatoms. The Labute approximate surface area is 165 Å². The Hall–Kier alpha value is -2.83. The number of hydrogen-bond donors (Lipinski definition) is 1. The van der Waals surface area contributed by atoms with Gasteiger partial charge in [-0.05, 0) is 30.0 Å². The first kappa shape index (κ1) is 19.9. The van der Waals surface area contributed by atoms with Gasteiger partial charge in [0, 0.05) is 19.5 Å². The lowest BCUT2D eigenvalue weighted by molar-refractivity contribution is -0.132. The van der Waals surface area contributed by atoms with Gasteiger partial charge in [0.15, 0.2) is 5.69 Å². The van der Waals surface area contributed by atoms with Crippen molar-refractivity contribution in [3.63, 3.8) is 0 Å². The maximum Gasteiger partial charge on any atom is 0.271 e. The number of amides is 2. The van der Waals surface area contributed by atoms with Crippen LogP contribution < -0.4 is 10.1 Å². The maximum atomic E-state index is 12.7. The minimum Gasteiger partial charge on any atom is -0.496 e. The first-order valence-electron chi connectivity index (χ1n) is 9.72. The number of para-hydroxylation sites is 1. The van der Waals surface area contributed by atoms with Gasteiger partial charge < -0.3 is 15.0 Å². The lowest BCUT2D eigenvalue weighted by Gasteiger charge is -2.27. The second kappa shape index (κ2) is 8.91. The highest BCUT2D eigenvalue weighted by atomic mass is 16.5. The Kier molecular flexibility index (Phi) is 6.34. The molecule has 2 heterocycles. The third-order valence-corrected chi connectivity index (χ3v) is 4.85. The van der Waals surface area contributed by atoms with Crippen LogP contribution in [0.1, 0.15) is 42.0 Å². The number of carbonyl (C=O) groups excluding carboxylic acids is 2. The number of hydrogen-bond acceptors (Lipinski definition) is 4. The van der Waals surface area contributed by atoms with Crippen molar-refractivity contribution in [3.05, 3.63) is 47.3 Å². The Bertz CT molecular complexity index is 844. The van der Waals surface area contributed by atoms with Gasteiger partial charge in [0.1, 0.15) is 5.75 Å². The zero-order chi connectivity index (χ0) is 20.1. The number of methoxy groups -OCH3 is 1. The monoisotopic (exact) mass is 384 g/mol. The molecule has 2 amide bonds. The van der Waals surface area contributed by atoms with Crippen LogP contribution in [0.4, 0.5) is 0 Å². The molecule has 0 saturated heterocycles. The number of aromatic nitrogens is 2. The standard InChI is InChI=1S/C21H28N4O3/c1-15(2)13-22-21(27)18-12-17-14-24(10-11-25(17)23-18)20(26)9-8-16-6-4-5-7-19(16)28-3/h4-7,12,15H,8-11,13-14H2,1-3H3,(H,22,27). The van der Waals surface area contributed by atoms with Crippen LogP contribution in [0, 0.1) is 5.92 Å². The van der Waals surface area contributed by atoms with Gasteiger partial charge in [0.05, 0.1) is 25.9 Å². The quantitative estimate of drug-likeness (QED) is 0.794. The number of carbonyl (C=O) groups is 2. The first-order chi connectivity index (χ1) is 13.5. The van der Waals surface area contributed by atoms with E-state index in [4.69, 9.17) is 4.74 Å². The van der Waals surface area contributed by atoms with Crippen LogP contribution in [-0.2, 0) is 24.3 Å².